The number of carbonyl (C=O) groups excluding carboxylic acids is 1. The number of amides is 1. The third-order valence-electron chi connectivity index (χ3n) is 3.25. The molecule has 7 nitrogen and oxygen atoms in total. The van der Waals surface area contributed by atoms with Crippen LogP contribution in [0.2, 0.25) is 0 Å². The SMILES string of the molecule is NS(=O)(=O)C1CC(=O)N(C(C(=O)O)c2ccccc2)C1. The Balaban J connectivity index is 2.33. The van der Waals surface area contributed by atoms with Gasteiger partial charge < -0.3 is 10.0 Å². The second-order valence-electron chi connectivity index (χ2n) is 4.61. The van der Waals surface area contributed by atoms with Gasteiger partial charge in [-0.3, -0.25) is 4.79 Å². The summed E-state index contributed by atoms with van der Waals surface area (Å²) in [5.41, 5.74) is 0.420. The van der Waals surface area contributed by atoms with Crippen LogP contribution >= 0.6 is 0 Å². The molecular formula is C12H14N2O5S. The predicted molar refractivity (Wildman–Crippen MR) is 70.0 cm³/mol. The van der Waals surface area contributed by atoms with E-state index in [1.807, 2.05) is 0 Å². The molecule has 0 bridgehead atoms. The summed E-state index contributed by atoms with van der Waals surface area (Å²) >= 11 is 0. The molecule has 1 aliphatic heterocycles. The van der Waals surface area contributed by atoms with Crippen molar-refractivity contribution in [1.82, 2.24) is 4.90 Å². The van der Waals surface area contributed by atoms with E-state index in [4.69, 9.17) is 5.14 Å². The van der Waals surface area contributed by atoms with E-state index in [0.717, 1.165) is 4.90 Å². The van der Waals surface area contributed by atoms with E-state index in [-0.39, 0.29) is 13.0 Å². The lowest BCUT2D eigenvalue weighted by atomic mass is 10.1. The largest absolute Gasteiger partial charge is 0.479 e. The van der Waals surface area contributed by atoms with Crippen molar-refractivity contribution < 1.29 is 23.1 Å². The topological polar surface area (TPSA) is 118 Å². The number of benzene rings is 1. The zero-order valence-electron chi connectivity index (χ0n) is 10.5. The lowest BCUT2D eigenvalue weighted by molar-refractivity contribution is -0.148. The van der Waals surface area contributed by atoms with Gasteiger partial charge in [0, 0.05) is 13.0 Å². The molecule has 2 rings (SSSR count). The lowest BCUT2D eigenvalue weighted by Crippen LogP contribution is -2.37. The Morgan fingerprint density at radius 1 is 1.35 bits per heavy atom. The second kappa shape index (κ2) is 5.22. The van der Waals surface area contributed by atoms with Gasteiger partial charge in [0.1, 0.15) is 5.25 Å². The van der Waals surface area contributed by atoms with Gasteiger partial charge in [0.15, 0.2) is 6.04 Å². The molecule has 1 aromatic carbocycles. The van der Waals surface area contributed by atoms with Crippen LogP contribution in [-0.4, -0.2) is 42.1 Å². The number of rotatable bonds is 4. The van der Waals surface area contributed by atoms with Crippen LogP contribution in [0.4, 0.5) is 0 Å². The summed E-state index contributed by atoms with van der Waals surface area (Å²) in [5, 5.41) is 13.3. The highest BCUT2D eigenvalue weighted by Gasteiger charge is 2.42. The van der Waals surface area contributed by atoms with E-state index in [9.17, 15) is 23.1 Å². The van der Waals surface area contributed by atoms with Crippen LogP contribution in [0, 0.1) is 0 Å². The Morgan fingerprint density at radius 2 is 1.95 bits per heavy atom. The molecule has 8 heteroatoms. The maximum atomic E-state index is 11.9. The molecule has 108 valence electrons. The number of carbonyl (C=O) groups is 2. The maximum Gasteiger partial charge on any atom is 0.331 e. The Labute approximate surface area is 116 Å². The summed E-state index contributed by atoms with van der Waals surface area (Å²) < 4.78 is 22.6. The van der Waals surface area contributed by atoms with Gasteiger partial charge in [-0.2, -0.15) is 0 Å². The van der Waals surface area contributed by atoms with Crippen molar-refractivity contribution in [2.45, 2.75) is 17.7 Å². The fourth-order valence-corrected chi connectivity index (χ4v) is 3.00. The first-order valence-corrected chi connectivity index (χ1v) is 7.50. The number of hydrogen-bond donors (Lipinski definition) is 2. The molecule has 0 aliphatic carbocycles. The van der Waals surface area contributed by atoms with Crippen LogP contribution in [0.5, 0.6) is 0 Å². The van der Waals surface area contributed by atoms with Crippen molar-refractivity contribution in [3.63, 3.8) is 0 Å². The highest BCUT2D eigenvalue weighted by Crippen LogP contribution is 2.28. The number of sulfonamides is 1. The van der Waals surface area contributed by atoms with Crippen LogP contribution < -0.4 is 5.14 Å². The monoisotopic (exact) mass is 298 g/mol. The summed E-state index contributed by atoms with van der Waals surface area (Å²) in [5.74, 6) is -1.74. The van der Waals surface area contributed by atoms with Gasteiger partial charge in [0.05, 0.1) is 0 Å². The molecule has 0 radical (unpaired) electrons. The fourth-order valence-electron chi connectivity index (χ4n) is 2.26. The van der Waals surface area contributed by atoms with Crippen LogP contribution in [0.3, 0.4) is 0 Å². The molecule has 1 aliphatic rings. The normalized spacial score (nSPS) is 20.9. The van der Waals surface area contributed by atoms with Crippen molar-refractivity contribution in [3.8, 4) is 0 Å². The van der Waals surface area contributed by atoms with Gasteiger partial charge in [-0.05, 0) is 5.56 Å². The number of hydrogen-bond acceptors (Lipinski definition) is 4. The fraction of sp³-hybridized carbons (Fsp3) is 0.333. The molecule has 2 unspecified atom stereocenters. The van der Waals surface area contributed by atoms with Gasteiger partial charge >= 0.3 is 5.97 Å². The minimum atomic E-state index is -3.87. The first-order valence-electron chi connectivity index (χ1n) is 5.89. The molecular weight excluding hydrogens is 284 g/mol. The highest BCUT2D eigenvalue weighted by molar-refractivity contribution is 7.89. The molecule has 1 heterocycles. The third kappa shape index (κ3) is 2.81. The molecule has 0 aromatic heterocycles. The van der Waals surface area contributed by atoms with E-state index < -0.39 is 33.2 Å². The Morgan fingerprint density at radius 3 is 2.40 bits per heavy atom. The van der Waals surface area contributed by atoms with E-state index >= 15 is 0 Å². The summed E-state index contributed by atoms with van der Waals surface area (Å²) in [6.07, 6.45) is -0.282. The standard InChI is InChI=1S/C12H14N2O5S/c13-20(18,19)9-6-10(15)14(7-9)11(12(16)17)8-4-2-1-3-5-8/h1-5,9,11H,6-7H2,(H,16,17)(H2,13,18,19). The van der Waals surface area contributed by atoms with Crippen LogP contribution in [0.15, 0.2) is 30.3 Å². The van der Waals surface area contributed by atoms with Gasteiger partial charge in [-0.1, -0.05) is 30.3 Å². The average molecular weight is 298 g/mol. The van der Waals surface area contributed by atoms with Gasteiger partial charge in [0.2, 0.25) is 15.9 Å². The molecule has 20 heavy (non-hydrogen) atoms. The maximum absolute atomic E-state index is 11.9. The first kappa shape index (κ1) is 14.5. The molecule has 2 atom stereocenters. The van der Waals surface area contributed by atoms with E-state index in [2.05, 4.69) is 0 Å². The number of carboxylic acid groups (broad SMARTS) is 1. The van der Waals surface area contributed by atoms with Gasteiger partial charge in [-0.15, -0.1) is 0 Å². The van der Waals surface area contributed by atoms with Crippen molar-refractivity contribution in [1.29, 1.82) is 0 Å². The molecule has 0 spiro atoms. The number of primary sulfonamides is 1. The van der Waals surface area contributed by atoms with Crippen molar-refractivity contribution in [3.05, 3.63) is 35.9 Å². The van der Waals surface area contributed by atoms with Crippen LogP contribution in [-0.2, 0) is 19.6 Å². The zero-order valence-corrected chi connectivity index (χ0v) is 11.3. The van der Waals surface area contributed by atoms with Crippen molar-refractivity contribution in [2.75, 3.05) is 6.54 Å². The predicted octanol–water partition coefficient (Wildman–Crippen LogP) is -0.298. The number of aliphatic carboxylic acids is 1. The van der Waals surface area contributed by atoms with E-state index in [1.54, 1.807) is 30.3 Å². The number of likely N-dealkylation sites (tertiary alicyclic amines) is 1. The summed E-state index contributed by atoms with van der Waals surface area (Å²) in [4.78, 5) is 24.4. The van der Waals surface area contributed by atoms with Gasteiger partial charge in [-0.25, -0.2) is 18.4 Å². The number of carboxylic acids is 1. The average Bonchev–Trinajstić information content (AvgIpc) is 2.73. The Bertz CT molecular complexity index is 629. The molecule has 0 saturated carbocycles. The molecule has 1 aromatic rings. The van der Waals surface area contributed by atoms with E-state index in [1.165, 1.54) is 0 Å². The Kier molecular flexibility index (Phi) is 3.78. The summed E-state index contributed by atoms with van der Waals surface area (Å²) in [6, 6.07) is 7.00. The molecule has 1 amide bonds. The van der Waals surface area contributed by atoms with Crippen LogP contribution in [0.1, 0.15) is 18.0 Å². The third-order valence-corrected chi connectivity index (χ3v) is 4.49. The summed E-state index contributed by atoms with van der Waals surface area (Å²) in [7, 11) is -3.87. The molecule has 1 fully saturated rings. The van der Waals surface area contributed by atoms with Crippen molar-refractivity contribution >= 4 is 21.9 Å². The smallest absolute Gasteiger partial charge is 0.331 e. The minimum absolute atomic E-state index is 0.205. The van der Waals surface area contributed by atoms with Crippen LogP contribution in [0.25, 0.3) is 0 Å². The minimum Gasteiger partial charge on any atom is -0.479 e. The Hall–Kier alpha value is -1.93. The number of nitrogens with zero attached hydrogens (tertiary/aromatic N) is 1. The number of nitrogens with two attached hydrogens (primary N) is 1. The zero-order chi connectivity index (χ0) is 14.9. The lowest BCUT2D eigenvalue weighted by Gasteiger charge is -2.24. The first-order chi connectivity index (χ1) is 9.30. The highest BCUT2D eigenvalue weighted by atomic mass is 32.2. The summed E-state index contributed by atoms with van der Waals surface area (Å²) in [6.45, 7) is -0.205. The van der Waals surface area contributed by atoms with Gasteiger partial charge in [0.25, 0.3) is 0 Å². The second-order valence-corrected chi connectivity index (χ2v) is 6.46. The van der Waals surface area contributed by atoms with Crippen molar-refractivity contribution in [2.24, 2.45) is 5.14 Å². The molecule has 1 saturated heterocycles. The van der Waals surface area contributed by atoms with E-state index in [0.29, 0.717) is 5.56 Å². The molecule has 3 N–H and O–H groups in total. The quantitative estimate of drug-likeness (QED) is 0.791.